The highest BCUT2D eigenvalue weighted by Crippen LogP contribution is 2.22. The normalized spacial score (nSPS) is 34.0. The van der Waals surface area contributed by atoms with Gasteiger partial charge in [-0.05, 0) is 37.5 Å². The Balaban J connectivity index is 1.51. The van der Waals surface area contributed by atoms with Gasteiger partial charge in [-0.2, -0.15) is 0 Å². The first kappa shape index (κ1) is 17.2. The van der Waals surface area contributed by atoms with Crippen LogP contribution in [-0.2, 0) is 0 Å². The molecule has 0 aromatic rings. The summed E-state index contributed by atoms with van der Waals surface area (Å²) in [4.78, 5) is 3.21. The molecule has 4 heteroatoms. The van der Waals surface area contributed by atoms with E-state index in [-0.39, 0.29) is 0 Å². The van der Waals surface area contributed by atoms with Crippen molar-refractivity contribution in [1.29, 1.82) is 0 Å². The zero-order valence-electron chi connectivity index (χ0n) is 13.7. The molecule has 2 fully saturated rings. The number of aliphatic hydroxyl groups excluding tert-OH is 2. The lowest BCUT2D eigenvalue weighted by atomic mass is 9.87. The van der Waals surface area contributed by atoms with Crippen molar-refractivity contribution in [1.82, 2.24) is 0 Å². The highest BCUT2D eigenvalue weighted by molar-refractivity contribution is 4.67. The van der Waals surface area contributed by atoms with Gasteiger partial charge >= 0.3 is 0 Å². The van der Waals surface area contributed by atoms with Gasteiger partial charge in [0, 0.05) is 0 Å². The molecular formula is C17H36N2O2+2. The Morgan fingerprint density at radius 2 is 1.05 bits per heavy atom. The molecule has 0 bridgehead atoms. The Hall–Kier alpha value is -0.160. The van der Waals surface area contributed by atoms with E-state index < -0.39 is 0 Å². The SMILES string of the molecule is OCC[NH+]1CCC(CCCC2CC[NH+](CCO)CC2)CC1. The van der Waals surface area contributed by atoms with Crippen molar-refractivity contribution in [3.8, 4) is 0 Å². The Bertz CT molecular complexity index is 234. The molecule has 0 aliphatic carbocycles. The number of aliphatic hydroxyl groups is 2. The van der Waals surface area contributed by atoms with Crippen LogP contribution in [0.15, 0.2) is 0 Å². The van der Waals surface area contributed by atoms with Crippen molar-refractivity contribution in [3.05, 3.63) is 0 Å². The second-order valence-electron chi connectivity index (χ2n) is 7.26. The molecule has 2 saturated heterocycles. The summed E-state index contributed by atoms with van der Waals surface area (Å²) >= 11 is 0. The maximum Gasteiger partial charge on any atom is 0.101 e. The summed E-state index contributed by atoms with van der Waals surface area (Å²) < 4.78 is 0. The first-order chi connectivity index (χ1) is 10.3. The minimum atomic E-state index is 0.344. The molecule has 2 heterocycles. The van der Waals surface area contributed by atoms with Gasteiger partial charge in [-0.1, -0.05) is 19.3 Å². The first-order valence-electron chi connectivity index (χ1n) is 9.20. The van der Waals surface area contributed by atoms with E-state index in [1.54, 1.807) is 9.80 Å². The van der Waals surface area contributed by atoms with Crippen molar-refractivity contribution in [3.63, 3.8) is 0 Å². The third kappa shape index (κ3) is 6.23. The average Bonchev–Trinajstić information content (AvgIpc) is 2.51. The first-order valence-corrected chi connectivity index (χ1v) is 9.20. The molecule has 0 spiro atoms. The summed E-state index contributed by atoms with van der Waals surface area (Å²) in [6.07, 6.45) is 9.75. The Kier molecular flexibility index (Phi) is 8.01. The predicted octanol–water partition coefficient (Wildman–Crippen LogP) is -1.27. The Morgan fingerprint density at radius 3 is 1.38 bits per heavy atom. The molecular weight excluding hydrogens is 264 g/mol. The molecule has 2 aliphatic rings. The summed E-state index contributed by atoms with van der Waals surface area (Å²) in [6.45, 7) is 7.67. The van der Waals surface area contributed by atoms with Crippen LogP contribution in [-0.4, -0.2) is 62.7 Å². The van der Waals surface area contributed by atoms with Gasteiger partial charge in [0.25, 0.3) is 0 Å². The van der Waals surface area contributed by atoms with Crippen LogP contribution < -0.4 is 9.80 Å². The van der Waals surface area contributed by atoms with Gasteiger partial charge in [-0.15, -0.1) is 0 Å². The van der Waals surface area contributed by atoms with Gasteiger partial charge in [0.1, 0.15) is 13.1 Å². The monoisotopic (exact) mass is 300 g/mol. The lowest BCUT2D eigenvalue weighted by molar-refractivity contribution is -0.906. The molecule has 124 valence electrons. The van der Waals surface area contributed by atoms with Crippen molar-refractivity contribution in [2.75, 3.05) is 52.5 Å². The molecule has 2 rings (SSSR count). The Labute approximate surface area is 130 Å². The highest BCUT2D eigenvalue weighted by atomic mass is 16.3. The van der Waals surface area contributed by atoms with Gasteiger partial charge in [0.15, 0.2) is 0 Å². The predicted molar refractivity (Wildman–Crippen MR) is 84.6 cm³/mol. The fourth-order valence-electron chi connectivity index (χ4n) is 4.26. The molecule has 0 aromatic heterocycles. The van der Waals surface area contributed by atoms with Crippen LogP contribution in [0.1, 0.15) is 44.9 Å². The van der Waals surface area contributed by atoms with E-state index in [0.717, 1.165) is 24.9 Å². The van der Waals surface area contributed by atoms with Crippen LogP contribution in [0.2, 0.25) is 0 Å². The van der Waals surface area contributed by atoms with E-state index in [4.69, 9.17) is 10.2 Å². The second-order valence-corrected chi connectivity index (χ2v) is 7.26. The lowest BCUT2D eigenvalue weighted by Gasteiger charge is -2.30. The quantitative estimate of drug-likeness (QED) is 0.452. The number of rotatable bonds is 8. The third-order valence-electron chi connectivity index (χ3n) is 5.78. The van der Waals surface area contributed by atoms with E-state index in [0.29, 0.717) is 13.2 Å². The molecule has 0 unspecified atom stereocenters. The van der Waals surface area contributed by atoms with E-state index in [2.05, 4.69) is 0 Å². The molecule has 4 N–H and O–H groups in total. The van der Waals surface area contributed by atoms with Gasteiger partial charge in [-0.3, -0.25) is 0 Å². The maximum absolute atomic E-state index is 8.99. The summed E-state index contributed by atoms with van der Waals surface area (Å²) in [5, 5.41) is 18.0. The number of nitrogens with one attached hydrogen (secondary N) is 2. The van der Waals surface area contributed by atoms with Gasteiger partial charge in [-0.25, -0.2) is 0 Å². The van der Waals surface area contributed by atoms with Gasteiger partial charge in [0.2, 0.25) is 0 Å². The molecule has 4 nitrogen and oxygen atoms in total. The lowest BCUT2D eigenvalue weighted by Crippen LogP contribution is -3.13. The molecule has 0 atom stereocenters. The van der Waals surface area contributed by atoms with Crippen molar-refractivity contribution in [2.45, 2.75) is 44.9 Å². The second kappa shape index (κ2) is 9.78. The number of likely N-dealkylation sites (tertiary alicyclic amines) is 2. The standard InChI is InChI=1S/C17H34N2O2/c20-14-12-18-8-4-16(5-9-18)2-1-3-17-6-10-19(11-7-17)13-15-21/h16-17,20-21H,1-15H2/p+2. The van der Waals surface area contributed by atoms with Crippen LogP contribution in [0.4, 0.5) is 0 Å². The number of hydrogen-bond acceptors (Lipinski definition) is 2. The third-order valence-corrected chi connectivity index (χ3v) is 5.78. The van der Waals surface area contributed by atoms with Crippen LogP contribution in [0.25, 0.3) is 0 Å². The molecule has 0 radical (unpaired) electrons. The fourth-order valence-corrected chi connectivity index (χ4v) is 4.26. The van der Waals surface area contributed by atoms with Crippen LogP contribution >= 0.6 is 0 Å². The summed E-state index contributed by atoms with van der Waals surface area (Å²) in [6, 6.07) is 0. The summed E-state index contributed by atoms with van der Waals surface area (Å²) in [7, 11) is 0. The minimum absolute atomic E-state index is 0.344. The Morgan fingerprint density at radius 1 is 0.667 bits per heavy atom. The van der Waals surface area contributed by atoms with E-state index in [1.165, 1.54) is 71.1 Å². The maximum atomic E-state index is 8.99. The largest absolute Gasteiger partial charge is 0.391 e. The zero-order chi connectivity index (χ0) is 14.9. The molecule has 0 amide bonds. The zero-order valence-corrected chi connectivity index (χ0v) is 13.7. The van der Waals surface area contributed by atoms with E-state index >= 15 is 0 Å². The van der Waals surface area contributed by atoms with Crippen LogP contribution in [0.3, 0.4) is 0 Å². The molecule has 21 heavy (non-hydrogen) atoms. The van der Waals surface area contributed by atoms with Gasteiger partial charge in [0.05, 0.1) is 39.4 Å². The van der Waals surface area contributed by atoms with Crippen molar-refractivity contribution < 1.29 is 20.0 Å². The van der Waals surface area contributed by atoms with Crippen LogP contribution in [0, 0.1) is 11.8 Å². The number of quaternary nitrogens is 2. The van der Waals surface area contributed by atoms with E-state index in [1.807, 2.05) is 0 Å². The summed E-state index contributed by atoms with van der Waals surface area (Å²) in [5.74, 6) is 1.90. The average molecular weight is 300 g/mol. The highest BCUT2D eigenvalue weighted by Gasteiger charge is 2.24. The smallest absolute Gasteiger partial charge is 0.101 e. The number of piperidine rings is 2. The number of hydrogen-bond donors (Lipinski definition) is 4. The topological polar surface area (TPSA) is 49.3 Å². The van der Waals surface area contributed by atoms with Crippen molar-refractivity contribution >= 4 is 0 Å². The summed E-state index contributed by atoms with van der Waals surface area (Å²) in [5.41, 5.74) is 0. The fraction of sp³-hybridized carbons (Fsp3) is 1.00. The molecule has 0 aromatic carbocycles. The van der Waals surface area contributed by atoms with Crippen LogP contribution in [0.5, 0.6) is 0 Å². The molecule has 0 saturated carbocycles. The minimum Gasteiger partial charge on any atom is -0.391 e. The van der Waals surface area contributed by atoms with Gasteiger partial charge < -0.3 is 20.0 Å². The van der Waals surface area contributed by atoms with Crippen molar-refractivity contribution in [2.24, 2.45) is 11.8 Å². The van der Waals surface area contributed by atoms with E-state index in [9.17, 15) is 0 Å². The molecule has 2 aliphatic heterocycles.